The van der Waals surface area contributed by atoms with E-state index in [1.165, 1.54) is 23.4 Å². The van der Waals surface area contributed by atoms with E-state index in [-0.39, 0.29) is 16.9 Å². The number of nitrogens with one attached hydrogen (secondary N) is 1. The van der Waals surface area contributed by atoms with Gasteiger partial charge in [-0.2, -0.15) is 0 Å². The summed E-state index contributed by atoms with van der Waals surface area (Å²) in [6, 6.07) is 9.21. The third-order valence-corrected chi connectivity index (χ3v) is 6.25. The number of hydrogen-bond donors (Lipinski definition) is 1. The highest BCUT2D eigenvalue weighted by Crippen LogP contribution is 2.31. The summed E-state index contributed by atoms with van der Waals surface area (Å²) in [5.74, 6) is 0.327. The highest BCUT2D eigenvalue weighted by molar-refractivity contribution is 8.00. The van der Waals surface area contributed by atoms with Gasteiger partial charge in [0.1, 0.15) is 16.2 Å². The van der Waals surface area contributed by atoms with Crippen LogP contribution in [0.3, 0.4) is 0 Å². The molecule has 0 fully saturated rings. The zero-order valence-corrected chi connectivity index (χ0v) is 19.4. The molecule has 0 saturated heterocycles. The van der Waals surface area contributed by atoms with Gasteiger partial charge in [-0.15, -0.1) is 0 Å². The molecular formula is C22H27N5O3S. The smallest absolute Gasteiger partial charge is 0.325 e. The van der Waals surface area contributed by atoms with E-state index in [2.05, 4.69) is 15.3 Å². The van der Waals surface area contributed by atoms with Crippen LogP contribution in [0.2, 0.25) is 0 Å². The molecule has 1 N–H and O–H groups in total. The van der Waals surface area contributed by atoms with E-state index in [9.17, 15) is 14.4 Å². The molecule has 3 aromatic rings. The number of thioether (sulfide) groups is 1. The van der Waals surface area contributed by atoms with Crippen molar-refractivity contribution in [1.29, 1.82) is 0 Å². The molecule has 31 heavy (non-hydrogen) atoms. The minimum atomic E-state index is -0.479. The Morgan fingerprint density at radius 2 is 1.74 bits per heavy atom. The quantitative estimate of drug-likeness (QED) is 0.483. The van der Waals surface area contributed by atoms with Crippen molar-refractivity contribution in [1.82, 2.24) is 19.1 Å². The first kappa shape index (κ1) is 22.7. The van der Waals surface area contributed by atoms with Crippen LogP contribution in [-0.2, 0) is 24.3 Å². The summed E-state index contributed by atoms with van der Waals surface area (Å²) >= 11 is 1.22. The minimum absolute atomic E-state index is 0.176. The average Bonchev–Trinajstić information content (AvgIpc) is 2.73. The number of anilines is 1. The van der Waals surface area contributed by atoms with Crippen molar-refractivity contribution >= 4 is 34.4 Å². The summed E-state index contributed by atoms with van der Waals surface area (Å²) in [6.45, 7) is 7.79. The maximum absolute atomic E-state index is 13.0. The first-order valence-corrected chi connectivity index (χ1v) is 10.9. The molecule has 9 heteroatoms. The first-order valence-electron chi connectivity index (χ1n) is 10.1. The number of hydrogen-bond acceptors (Lipinski definition) is 6. The van der Waals surface area contributed by atoms with Gasteiger partial charge in [0, 0.05) is 25.2 Å². The molecule has 1 aromatic carbocycles. The van der Waals surface area contributed by atoms with E-state index in [0.717, 1.165) is 4.57 Å². The standard InChI is InChI=1S/C22H27N5O3S/c1-7-14(17(28)23-13-11-9-8-10-12-13)31-18-15-16(24-20(25-18)22(2,3)4)26(5)21(30)27(6)19(15)29/h8-12,14H,7H2,1-6H3,(H,23,28). The zero-order chi connectivity index (χ0) is 22.9. The van der Waals surface area contributed by atoms with E-state index in [0.29, 0.717) is 23.0 Å². The highest BCUT2D eigenvalue weighted by Gasteiger charge is 2.27. The fraction of sp³-hybridized carbons (Fsp3) is 0.409. The number of benzene rings is 1. The van der Waals surface area contributed by atoms with Crippen LogP contribution in [-0.4, -0.2) is 30.3 Å². The Labute approximate surface area is 184 Å². The lowest BCUT2D eigenvalue weighted by Gasteiger charge is -2.21. The lowest BCUT2D eigenvalue weighted by molar-refractivity contribution is -0.115. The molecule has 0 aliphatic heterocycles. The van der Waals surface area contributed by atoms with E-state index in [1.54, 1.807) is 7.05 Å². The second-order valence-corrected chi connectivity index (χ2v) is 9.57. The molecule has 8 nitrogen and oxygen atoms in total. The fourth-order valence-corrected chi connectivity index (χ4v) is 4.09. The third-order valence-electron chi connectivity index (χ3n) is 4.90. The maximum Gasteiger partial charge on any atom is 0.332 e. The number of rotatable bonds is 5. The Balaban J connectivity index is 2.14. The van der Waals surface area contributed by atoms with Crippen LogP contribution in [0, 0.1) is 0 Å². The molecular weight excluding hydrogens is 414 g/mol. The number of amides is 1. The van der Waals surface area contributed by atoms with Crippen LogP contribution >= 0.6 is 11.8 Å². The normalized spacial score (nSPS) is 12.7. The number of carbonyl (C=O) groups excluding carboxylic acids is 1. The number of aryl methyl sites for hydroxylation is 1. The van der Waals surface area contributed by atoms with Crippen LogP contribution in [0.15, 0.2) is 44.9 Å². The Morgan fingerprint density at radius 1 is 1.10 bits per heavy atom. The maximum atomic E-state index is 13.0. The number of carbonyl (C=O) groups is 1. The van der Waals surface area contributed by atoms with E-state index in [4.69, 9.17) is 0 Å². The second kappa shape index (κ2) is 8.66. The zero-order valence-electron chi connectivity index (χ0n) is 18.6. The lowest BCUT2D eigenvalue weighted by atomic mass is 9.96. The largest absolute Gasteiger partial charge is 0.332 e. The fourth-order valence-electron chi connectivity index (χ4n) is 3.05. The van der Waals surface area contributed by atoms with Gasteiger partial charge in [-0.05, 0) is 18.6 Å². The van der Waals surface area contributed by atoms with Gasteiger partial charge in [0.2, 0.25) is 5.91 Å². The lowest BCUT2D eigenvalue weighted by Crippen LogP contribution is -2.38. The Morgan fingerprint density at radius 3 is 2.32 bits per heavy atom. The SMILES string of the molecule is CCC(Sc1nc(C(C)(C)C)nc2c1c(=O)n(C)c(=O)n2C)C(=O)Nc1ccccc1. The van der Waals surface area contributed by atoms with E-state index < -0.39 is 21.9 Å². The number of para-hydroxylation sites is 1. The Kier molecular flexibility index (Phi) is 6.35. The van der Waals surface area contributed by atoms with Gasteiger partial charge in [-0.3, -0.25) is 18.7 Å². The van der Waals surface area contributed by atoms with Gasteiger partial charge in [0.15, 0.2) is 5.65 Å². The van der Waals surface area contributed by atoms with Crippen LogP contribution in [0.4, 0.5) is 5.69 Å². The number of fused-ring (bicyclic) bond motifs is 1. The summed E-state index contributed by atoms with van der Waals surface area (Å²) in [4.78, 5) is 47.6. The Hall–Kier alpha value is -2.94. The molecule has 3 rings (SSSR count). The molecule has 2 heterocycles. The van der Waals surface area contributed by atoms with Crippen molar-refractivity contribution in [3.63, 3.8) is 0 Å². The second-order valence-electron chi connectivity index (χ2n) is 8.38. The van der Waals surface area contributed by atoms with Crippen LogP contribution < -0.4 is 16.6 Å². The number of nitrogens with zero attached hydrogens (tertiary/aromatic N) is 4. The van der Waals surface area contributed by atoms with Crippen molar-refractivity contribution in [3.05, 3.63) is 57.0 Å². The van der Waals surface area contributed by atoms with Crippen molar-refractivity contribution in [2.24, 2.45) is 14.1 Å². The molecule has 1 amide bonds. The van der Waals surface area contributed by atoms with Crippen LogP contribution in [0.1, 0.15) is 39.9 Å². The van der Waals surface area contributed by atoms with Gasteiger partial charge in [-0.1, -0.05) is 57.7 Å². The van der Waals surface area contributed by atoms with Crippen molar-refractivity contribution in [3.8, 4) is 0 Å². The topological polar surface area (TPSA) is 98.9 Å². The summed E-state index contributed by atoms with van der Waals surface area (Å²) in [6.07, 6.45) is 0.533. The molecule has 0 radical (unpaired) electrons. The molecule has 0 saturated carbocycles. The molecule has 164 valence electrons. The number of aromatic nitrogens is 4. The van der Waals surface area contributed by atoms with Gasteiger partial charge in [-0.25, -0.2) is 14.8 Å². The highest BCUT2D eigenvalue weighted by atomic mass is 32.2. The molecule has 1 unspecified atom stereocenters. The van der Waals surface area contributed by atoms with Gasteiger partial charge in [0.25, 0.3) is 5.56 Å². The van der Waals surface area contributed by atoms with Crippen molar-refractivity contribution < 1.29 is 4.79 Å². The van der Waals surface area contributed by atoms with Gasteiger partial charge in [0.05, 0.1) is 5.25 Å². The first-order chi connectivity index (χ1) is 14.5. The van der Waals surface area contributed by atoms with E-state index in [1.807, 2.05) is 58.0 Å². The molecule has 0 aliphatic carbocycles. The predicted molar refractivity (Wildman–Crippen MR) is 124 cm³/mol. The summed E-state index contributed by atoms with van der Waals surface area (Å²) in [5.41, 5.74) is -0.365. The van der Waals surface area contributed by atoms with Gasteiger partial charge >= 0.3 is 5.69 Å². The van der Waals surface area contributed by atoms with Crippen LogP contribution in [0.5, 0.6) is 0 Å². The summed E-state index contributed by atoms with van der Waals surface area (Å²) < 4.78 is 2.39. The Bertz CT molecular complexity index is 1240. The molecule has 2 aromatic heterocycles. The summed E-state index contributed by atoms with van der Waals surface area (Å²) in [5, 5.41) is 3.08. The summed E-state index contributed by atoms with van der Waals surface area (Å²) in [7, 11) is 3.01. The molecule has 1 atom stereocenters. The molecule has 0 bridgehead atoms. The predicted octanol–water partition coefficient (Wildman–Crippen LogP) is 2.83. The van der Waals surface area contributed by atoms with E-state index >= 15 is 0 Å². The monoisotopic (exact) mass is 441 g/mol. The van der Waals surface area contributed by atoms with Crippen LogP contribution in [0.25, 0.3) is 11.0 Å². The van der Waals surface area contributed by atoms with Crippen molar-refractivity contribution in [2.75, 3.05) is 5.32 Å². The molecule has 0 aliphatic rings. The minimum Gasteiger partial charge on any atom is -0.325 e. The molecule has 0 spiro atoms. The van der Waals surface area contributed by atoms with Crippen molar-refractivity contribution in [2.45, 2.75) is 49.8 Å². The third kappa shape index (κ3) is 4.56. The average molecular weight is 442 g/mol. The van der Waals surface area contributed by atoms with Gasteiger partial charge < -0.3 is 5.32 Å².